The van der Waals surface area contributed by atoms with Crippen molar-refractivity contribution in [2.75, 3.05) is 0 Å². The highest BCUT2D eigenvalue weighted by Crippen LogP contribution is 2.38. The Hall–Kier alpha value is -4.11. The largest absolute Gasteiger partial charge is 0.504 e. The molecule has 0 aliphatic carbocycles. The fourth-order valence-corrected chi connectivity index (χ4v) is 5.33. The summed E-state index contributed by atoms with van der Waals surface area (Å²) in [7, 11) is 0. The van der Waals surface area contributed by atoms with Crippen LogP contribution in [-0.4, -0.2) is 24.9 Å². The number of aromatic nitrogens is 4. The fraction of sp³-hybridized carbons (Fsp3) is 0.185. The molecule has 3 heterocycles. The number of aryl methyl sites for hydroxylation is 4. The summed E-state index contributed by atoms with van der Waals surface area (Å²) in [5.41, 5.74) is 2.76. The maximum Gasteiger partial charge on any atom is 0.262 e. The number of phenols is 1. The summed E-state index contributed by atoms with van der Waals surface area (Å²) >= 11 is 1.38. The van der Waals surface area contributed by atoms with Crippen LogP contribution in [0.2, 0.25) is 0 Å². The first-order valence-electron chi connectivity index (χ1n) is 11.4. The number of hydrogen-bond donors (Lipinski definition) is 1. The van der Waals surface area contributed by atoms with Gasteiger partial charge in [0.05, 0.1) is 21.7 Å². The lowest BCUT2D eigenvalue weighted by atomic mass is 10.1. The zero-order valence-electron chi connectivity index (χ0n) is 19.9. The summed E-state index contributed by atoms with van der Waals surface area (Å²) in [6.07, 6.45) is 0.560. The van der Waals surface area contributed by atoms with Gasteiger partial charge in [-0.25, -0.2) is 9.37 Å². The monoisotopic (exact) mass is 502 g/mol. The summed E-state index contributed by atoms with van der Waals surface area (Å²) in [5, 5.41) is 18.5. The van der Waals surface area contributed by atoms with Gasteiger partial charge in [0.15, 0.2) is 11.6 Å². The molecular weight excluding hydrogens is 479 g/mol. The molecule has 7 nitrogen and oxygen atoms in total. The van der Waals surface area contributed by atoms with E-state index in [1.165, 1.54) is 28.0 Å². The summed E-state index contributed by atoms with van der Waals surface area (Å²) in [4.78, 5) is 20.2. The van der Waals surface area contributed by atoms with Gasteiger partial charge in [0.2, 0.25) is 5.89 Å². The Morgan fingerprint density at radius 3 is 2.56 bits per heavy atom. The van der Waals surface area contributed by atoms with Crippen LogP contribution in [-0.2, 0) is 13.0 Å². The first-order valence-corrected chi connectivity index (χ1v) is 12.2. The zero-order valence-corrected chi connectivity index (χ0v) is 20.8. The second-order valence-electron chi connectivity index (χ2n) is 8.47. The lowest BCUT2D eigenvalue weighted by Crippen LogP contribution is -2.27. The average molecular weight is 503 g/mol. The number of benzene rings is 2. The highest BCUT2D eigenvalue weighted by molar-refractivity contribution is 7.19. The standard InChI is InChI=1S/C27H23FN4O3S/c1-15-14-21(36-24(15)26-31-30-17(3)35-26)22-16(2)29-25(19-10-7-11-20(28)23(19)33)32(27(22)34)13-12-18-8-5-4-6-9-18/h4-11,14,33H,12-13H2,1-3H3. The van der Waals surface area contributed by atoms with Gasteiger partial charge < -0.3 is 9.52 Å². The van der Waals surface area contributed by atoms with Crippen LogP contribution in [0.3, 0.4) is 0 Å². The van der Waals surface area contributed by atoms with Gasteiger partial charge in [-0.2, -0.15) is 0 Å². The Balaban J connectivity index is 1.67. The van der Waals surface area contributed by atoms with E-state index in [-0.39, 0.29) is 16.9 Å². The van der Waals surface area contributed by atoms with Gasteiger partial charge in [0, 0.05) is 18.3 Å². The molecule has 1 N–H and O–H groups in total. The lowest BCUT2D eigenvalue weighted by Gasteiger charge is -2.16. The van der Waals surface area contributed by atoms with Crippen molar-refractivity contribution in [1.82, 2.24) is 19.7 Å². The summed E-state index contributed by atoms with van der Waals surface area (Å²) < 4.78 is 21.3. The van der Waals surface area contributed by atoms with E-state index in [1.54, 1.807) is 19.9 Å². The van der Waals surface area contributed by atoms with Crippen LogP contribution in [0.15, 0.2) is 63.8 Å². The van der Waals surface area contributed by atoms with Crippen LogP contribution in [0.4, 0.5) is 4.39 Å². The van der Waals surface area contributed by atoms with E-state index < -0.39 is 11.6 Å². The minimum absolute atomic E-state index is 0.166. The highest BCUT2D eigenvalue weighted by atomic mass is 32.1. The van der Waals surface area contributed by atoms with Crippen LogP contribution < -0.4 is 5.56 Å². The molecule has 2 aromatic carbocycles. The number of phenolic OH excluding ortho intramolecular Hbond substituents is 1. The van der Waals surface area contributed by atoms with Crippen molar-refractivity contribution in [3.63, 3.8) is 0 Å². The molecule has 0 amide bonds. The number of para-hydroxylation sites is 1. The molecular formula is C27H23FN4O3S. The molecule has 0 radical (unpaired) electrons. The van der Waals surface area contributed by atoms with Crippen LogP contribution in [0, 0.1) is 26.6 Å². The molecule has 3 aromatic heterocycles. The van der Waals surface area contributed by atoms with Crippen molar-refractivity contribution in [2.24, 2.45) is 0 Å². The third kappa shape index (κ3) is 4.33. The van der Waals surface area contributed by atoms with Gasteiger partial charge in [0.25, 0.3) is 11.4 Å². The van der Waals surface area contributed by atoms with Gasteiger partial charge in [-0.05, 0) is 49.6 Å². The number of nitrogens with zero attached hydrogens (tertiary/aromatic N) is 4. The van der Waals surface area contributed by atoms with E-state index in [1.807, 2.05) is 43.3 Å². The Bertz CT molecular complexity index is 1620. The normalized spacial score (nSPS) is 11.2. The Morgan fingerprint density at radius 1 is 1.06 bits per heavy atom. The van der Waals surface area contributed by atoms with Gasteiger partial charge in [0.1, 0.15) is 5.82 Å². The number of rotatable bonds is 6. The topological polar surface area (TPSA) is 94.0 Å². The fourth-order valence-electron chi connectivity index (χ4n) is 4.15. The van der Waals surface area contributed by atoms with Crippen LogP contribution in [0.5, 0.6) is 5.75 Å². The first-order chi connectivity index (χ1) is 17.3. The molecule has 9 heteroatoms. The molecule has 0 saturated carbocycles. The second-order valence-corrected chi connectivity index (χ2v) is 9.53. The van der Waals surface area contributed by atoms with Gasteiger partial charge in [-0.1, -0.05) is 36.4 Å². The smallest absolute Gasteiger partial charge is 0.262 e. The maximum absolute atomic E-state index is 14.2. The van der Waals surface area contributed by atoms with Crippen LogP contribution >= 0.6 is 11.3 Å². The number of aromatic hydroxyl groups is 1. The van der Waals surface area contributed by atoms with E-state index in [0.717, 1.165) is 20.9 Å². The van der Waals surface area contributed by atoms with E-state index >= 15 is 0 Å². The van der Waals surface area contributed by atoms with Gasteiger partial charge >= 0.3 is 0 Å². The Labute approximate surface area is 210 Å². The number of halogens is 1. The molecule has 182 valence electrons. The Kier molecular flexibility index (Phi) is 6.24. The van der Waals surface area contributed by atoms with Crippen LogP contribution in [0.1, 0.15) is 22.7 Å². The predicted octanol–water partition coefficient (Wildman–Crippen LogP) is 5.70. The van der Waals surface area contributed by atoms with Crippen LogP contribution in [0.25, 0.3) is 32.6 Å². The molecule has 0 aliphatic rings. The second kappa shape index (κ2) is 9.50. The minimum Gasteiger partial charge on any atom is -0.504 e. The number of hydrogen-bond acceptors (Lipinski definition) is 7. The van der Waals surface area contributed by atoms with Crippen molar-refractivity contribution in [3.8, 4) is 38.3 Å². The third-order valence-corrected chi connectivity index (χ3v) is 7.17. The molecule has 0 aliphatic heterocycles. The molecule has 0 atom stereocenters. The molecule has 5 aromatic rings. The van der Waals surface area contributed by atoms with Crippen molar-refractivity contribution in [3.05, 3.63) is 93.5 Å². The van der Waals surface area contributed by atoms with Crippen molar-refractivity contribution in [1.29, 1.82) is 0 Å². The van der Waals surface area contributed by atoms with Crippen molar-refractivity contribution >= 4 is 11.3 Å². The summed E-state index contributed by atoms with van der Waals surface area (Å²) in [6, 6.07) is 15.9. The predicted molar refractivity (Wildman–Crippen MR) is 137 cm³/mol. The van der Waals surface area contributed by atoms with Crippen molar-refractivity contribution < 1.29 is 13.9 Å². The average Bonchev–Trinajstić information content (AvgIpc) is 3.46. The quantitative estimate of drug-likeness (QED) is 0.320. The Morgan fingerprint density at radius 2 is 1.83 bits per heavy atom. The van der Waals surface area contributed by atoms with Crippen molar-refractivity contribution in [2.45, 2.75) is 33.7 Å². The first kappa shape index (κ1) is 23.6. The van der Waals surface area contributed by atoms with E-state index in [0.29, 0.717) is 36.0 Å². The molecule has 36 heavy (non-hydrogen) atoms. The molecule has 0 fully saturated rings. The SMILES string of the molecule is Cc1nnc(-c2sc(-c3c(C)nc(-c4cccc(F)c4O)n(CCc4ccccc4)c3=O)cc2C)o1. The zero-order chi connectivity index (χ0) is 25.4. The minimum atomic E-state index is -0.772. The molecule has 0 spiro atoms. The van der Waals surface area contributed by atoms with Gasteiger partial charge in [-0.3, -0.25) is 9.36 Å². The number of thiophene rings is 1. The molecule has 0 bridgehead atoms. The maximum atomic E-state index is 14.2. The van der Waals surface area contributed by atoms with E-state index in [9.17, 15) is 14.3 Å². The molecule has 0 unspecified atom stereocenters. The lowest BCUT2D eigenvalue weighted by molar-refractivity contribution is 0.433. The van der Waals surface area contributed by atoms with Gasteiger partial charge in [-0.15, -0.1) is 21.5 Å². The highest BCUT2D eigenvalue weighted by Gasteiger charge is 2.23. The van der Waals surface area contributed by atoms with E-state index in [4.69, 9.17) is 9.40 Å². The molecule has 0 saturated heterocycles. The summed E-state index contributed by atoms with van der Waals surface area (Å²) in [6.45, 7) is 5.68. The molecule has 5 rings (SSSR count). The third-order valence-electron chi connectivity index (χ3n) is 5.93. The van der Waals surface area contributed by atoms with E-state index in [2.05, 4.69) is 10.2 Å². The summed E-state index contributed by atoms with van der Waals surface area (Å²) in [5.74, 6) is -0.231.